The topological polar surface area (TPSA) is 158 Å². The fourth-order valence-corrected chi connectivity index (χ4v) is 7.15. The lowest BCUT2D eigenvalue weighted by atomic mass is 10.0. The first-order valence-corrected chi connectivity index (χ1v) is 18.3. The van der Waals surface area contributed by atoms with E-state index in [1.165, 1.54) is 20.4 Å². The predicted octanol–water partition coefficient (Wildman–Crippen LogP) is 5.47. The summed E-state index contributed by atoms with van der Waals surface area (Å²) in [7, 11) is 1.39. The molecule has 13 heteroatoms. The molecular formula is C40H48N8O5. The summed E-state index contributed by atoms with van der Waals surface area (Å²) in [6.45, 7) is 10.5. The standard InChI is InChI=1S/C40H48N8O5/c1-24(2)35(42-23-53-52-6)39(50)48-20-8-10-34(48)38-44-30-18-15-28(21-31(30)45-38)12-11-27-13-16-29(17-14-27)32-22-41-37(46-32)33-9-7-19-47(33)40(51)36(25(3)4)43-26(5)49/h13-18,21-25,33-36H,7-10,19-20H2,1-6H3,(H,41,46)(H,43,49)(H,44,45)/b42-23+/t33-,34-,35-,36-/m0/s1. The lowest BCUT2D eigenvalue weighted by Gasteiger charge is -2.30. The first kappa shape index (κ1) is 37.3. The third-order valence-electron chi connectivity index (χ3n) is 9.87. The number of rotatable bonds is 11. The van der Waals surface area contributed by atoms with Crippen LogP contribution in [-0.2, 0) is 24.2 Å². The van der Waals surface area contributed by atoms with Gasteiger partial charge in [0.05, 0.1) is 35.9 Å². The summed E-state index contributed by atoms with van der Waals surface area (Å²) in [5, 5.41) is 2.82. The molecule has 0 aliphatic carbocycles. The molecule has 2 aliphatic rings. The molecule has 6 rings (SSSR count). The Morgan fingerprint density at radius 1 is 0.906 bits per heavy atom. The van der Waals surface area contributed by atoms with E-state index in [0.29, 0.717) is 13.1 Å². The molecule has 3 N–H and O–H groups in total. The number of hydrogen-bond donors (Lipinski definition) is 3. The Morgan fingerprint density at radius 3 is 2.23 bits per heavy atom. The van der Waals surface area contributed by atoms with Crippen molar-refractivity contribution >= 4 is 35.2 Å². The highest BCUT2D eigenvalue weighted by Gasteiger charge is 2.38. The number of hydrogen-bond acceptors (Lipinski definition) is 8. The second-order valence-electron chi connectivity index (χ2n) is 14.4. The van der Waals surface area contributed by atoms with Crippen molar-refractivity contribution in [2.24, 2.45) is 16.8 Å². The van der Waals surface area contributed by atoms with Gasteiger partial charge in [-0.1, -0.05) is 51.7 Å². The van der Waals surface area contributed by atoms with Crippen LogP contribution >= 0.6 is 0 Å². The molecule has 0 unspecified atom stereocenters. The van der Waals surface area contributed by atoms with Crippen LogP contribution in [0, 0.1) is 23.7 Å². The van der Waals surface area contributed by atoms with Gasteiger partial charge in [0.1, 0.15) is 23.7 Å². The quantitative estimate of drug-likeness (QED) is 0.0610. The number of fused-ring (bicyclic) bond motifs is 1. The number of amides is 3. The van der Waals surface area contributed by atoms with Crippen molar-refractivity contribution in [2.45, 2.75) is 84.5 Å². The molecule has 4 aromatic rings. The highest BCUT2D eigenvalue weighted by molar-refractivity contribution is 5.87. The Labute approximate surface area is 309 Å². The maximum atomic E-state index is 13.5. The van der Waals surface area contributed by atoms with Crippen LogP contribution in [0.1, 0.15) is 95.2 Å². The molecule has 3 amide bonds. The lowest BCUT2D eigenvalue weighted by Crippen LogP contribution is -2.50. The third kappa shape index (κ3) is 8.44. The summed E-state index contributed by atoms with van der Waals surface area (Å²) in [5.74, 6) is 7.63. The zero-order valence-corrected chi connectivity index (χ0v) is 31.2. The summed E-state index contributed by atoms with van der Waals surface area (Å²) >= 11 is 0. The van der Waals surface area contributed by atoms with Gasteiger partial charge < -0.3 is 30.0 Å². The van der Waals surface area contributed by atoms with E-state index in [1.807, 2.05) is 86.2 Å². The van der Waals surface area contributed by atoms with Gasteiger partial charge in [0.2, 0.25) is 24.1 Å². The maximum Gasteiger partial charge on any atom is 0.248 e. The van der Waals surface area contributed by atoms with Gasteiger partial charge in [0.25, 0.3) is 0 Å². The molecule has 0 spiro atoms. The summed E-state index contributed by atoms with van der Waals surface area (Å²) in [6.07, 6.45) is 6.43. The van der Waals surface area contributed by atoms with Crippen molar-refractivity contribution in [2.75, 3.05) is 20.2 Å². The van der Waals surface area contributed by atoms with Gasteiger partial charge in [0.15, 0.2) is 0 Å². The van der Waals surface area contributed by atoms with Crippen LogP contribution < -0.4 is 5.32 Å². The predicted molar refractivity (Wildman–Crippen MR) is 201 cm³/mol. The summed E-state index contributed by atoms with van der Waals surface area (Å²) < 4.78 is 0. The van der Waals surface area contributed by atoms with E-state index >= 15 is 0 Å². The Kier molecular flexibility index (Phi) is 11.6. The highest BCUT2D eigenvalue weighted by atomic mass is 17.2. The Morgan fingerprint density at radius 2 is 1.57 bits per heavy atom. The molecule has 4 atom stereocenters. The van der Waals surface area contributed by atoms with Crippen LogP contribution in [0.4, 0.5) is 0 Å². The number of H-pyrrole nitrogens is 2. The first-order chi connectivity index (χ1) is 25.5. The number of carbonyl (C=O) groups is 3. The molecule has 0 bridgehead atoms. The van der Waals surface area contributed by atoms with Crippen LogP contribution in [0.3, 0.4) is 0 Å². The van der Waals surface area contributed by atoms with Gasteiger partial charge in [-0.05, 0) is 67.9 Å². The number of nitrogens with zero attached hydrogens (tertiary/aromatic N) is 5. The number of aliphatic imine (C=N–C) groups is 1. The zero-order valence-electron chi connectivity index (χ0n) is 31.2. The SMILES string of the molecule is COO/C=N/[C@H](C(=O)N1CCC[C@H]1c1nc2cc(C#Cc3ccc(-c4c[nH]c([C@@H]5CCCN5C(=O)[C@@H](NC(C)=O)C(C)C)n4)cc3)ccc2[nH]1)C(C)C. The molecule has 2 fully saturated rings. The number of imidazole rings is 2. The second-order valence-corrected chi connectivity index (χ2v) is 14.4. The van der Waals surface area contributed by atoms with Crippen molar-refractivity contribution in [3.63, 3.8) is 0 Å². The summed E-state index contributed by atoms with van der Waals surface area (Å²) in [6, 6.07) is 12.3. The molecule has 278 valence electrons. The second kappa shape index (κ2) is 16.5. The number of nitrogens with one attached hydrogen (secondary N) is 3. The van der Waals surface area contributed by atoms with Crippen molar-refractivity contribution < 1.29 is 24.2 Å². The van der Waals surface area contributed by atoms with E-state index in [2.05, 4.69) is 37.0 Å². The van der Waals surface area contributed by atoms with Crippen LogP contribution in [-0.4, -0.2) is 86.1 Å². The van der Waals surface area contributed by atoms with Gasteiger partial charge in [-0.3, -0.25) is 14.4 Å². The average molecular weight is 721 g/mol. The Hall–Kier alpha value is -5.48. The molecule has 2 aliphatic heterocycles. The minimum absolute atomic E-state index is 0.0144. The van der Waals surface area contributed by atoms with Crippen LogP contribution in [0.2, 0.25) is 0 Å². The van der Waals surface area contributed by atoms with Gasteiger partial charge in [-0.15, -0.1) is 0 Å². The zero-order chi connectivity index (χ0) is 37.6. The van der Waals surface area contributed by atoms with Gasteiger partial charge in [0, 0.05) is 42.9 Å². The van der Waals surface area contributed by atoms with Crippen molar-refractivity contribution in [1.82, 2.24) is 35.1 Å². The fourth-order valence-electron chi connectivity index (χ4n) is 7.15. The van der Waals surface area contributed by atoms with Crippen LogP contribution in [0.5, 0.6) is 0 Å². The van der Waals surface area contributed by atoms with Crippen molar-refractivity contribution in [3.05, 3.63) is 71.4 Å². The summed E-state index contributed by atoms with van der Waals surface area (Å²) in [5.41, 5.74) is 5.09. The maximum absolute atomic E-state index is 13.5. The number of aromatic amines is 2. The third-order valence-corrected chi connectivity index (χ3v) is 9.87. The van der Waals surface area contributed by atoms with E-state index in [9.17, 15) is 14.4 Å². The molecule has 0 saturated carbocycles. The largest absolute Gasteiger partial charge is 0.346 e. The molecule has 2 aromatic carbocycles. The van der Waals surface area contributed by atoms with E-state index in [0.717, 1.165) is 70.7 Å². The molecule has 2 saturated heterocycles. The average Bonchev–Trinajstić information content (AvgIpc) is 3.96. The lowest BCUT2D eigenvalue weighted by molar-refractivity contribution is -0.188. The van der Waals surface area contributed by atoms with E-state index in [4.69, 9.17) is 14.9 Å². The molecule has 4 heterocycles. The van der Waals surface area contributed by atoms with E-state index in [-0.39, 0.29) is 41.6 Å². The minimum atomic E-state index is -0.580. The number of benzene rings is 2. The molecule has 2 aromatic heterocycles. The van der Waals surface area contributed by atoms with Gasteiger partial charge in [-0.2, -0.15) is 4.89 Å². The minimum Gasteiger partial charge on any atom is -0.346 e. The summed E-state index contributed by atoms with van der Waals surface area (Å²) in [4.78, 5) is 72.6. The Balaban J connectivity index is 1.12. The smallest absolute Gasteiger partial charge is 0.248 e. The van der Waals surface area contributed by atoms with Crippen LogP contribution in [0.25, 0.3) is 22.3 Å². The number of carbonyl (C=O) groups excluding carboxylic acids is 3. The van der Waals surface area contributed by atoms with E-state index in [1.54, 1.807) is 0 Å². The Bertz CT molecular complexity index is 2020. The van der Waals surface area contributed by atoms with Gasteiger partial charge >= 0.3 is 0 Å². The number of likely N-dealkylation sites (tertiary alicyclic amines) is 2. The molecule has 13 nitrogen and oxygen atoms in total. The first-order valence-electron chi connectivity index (χ1n) is 18.3. The number of aromatic nitrogens is 4. The molecule has 53 heavy (non-hydrogen) atoms. The normalized spacial score (nSPS) is 18.5. The highest BCUT2D eigenvalue weighted by Crippen LogP contribution is 2.34. The van der Waals surface area contributed by atoms with Gasteiger partial charge in [-0.25, -0.2) is 15.0 Å². The monoisotopic (exact) mass is 720 g/mol. The van der Waals surface area contributed by atoms with E-state index < -0.39 is 12.1 Å². The fraction of sp³-hybridized carbons (Fsp3) is 0.450. The molecule has 0 radical (unpaired) electrons. The van der Waals surface area contributed by atoms with Crippen molar-refractivity contribution in [1.29, 1.82) is 0 Å². The molecular weight excluding hydrogens is 672 g/mol. The van der Waals surface area contributed by atoms with Crippen LogP contribution in [0.15, 0.2) is 53.7 Å². The van der Waals surface area contributed by atoms with Crippen molar-refractivity contribution in [3.8, 4) is 23.1 Å².